The minimum absolute atomic E-state index is 0. The van der Waals surface area contributed by atoms with E-state index in [0.717, 1.165) is 0 Å². The molecule has 0 saturated carbocycles. The second-order valence-electron chi connectivity index (χ2n) is 1.15. The van der Waals surface area contributed by atoms with Crippen LogP contribution in [0.4, 0.5) is 0 Å². The van der Waals surface area contributed by atoms with Gasteiger partial charge in [0, 0.05) is 0 Å². The molecule has 0 fully saturated rings. The number of carbonyl (C=O) groups excluding carboxylic acids is 2. The molecular formula is C3I2Na2O4. The second kappa shape index (κ2) is 7.77. The van der Waals surface area contributed by atoms with Crippen LogP contribution in [0.2, 0.25) is 0 Å². The van der Waals surface area contributed by atoms with Gasteiger partial charge in [-0.1, -0.05) is 45.2 Å². The maximum Gasteiger partial charge on any atom is 1.00 e. The van der Waals surface area contributed by atoms with Crippen LogP contribution in [0.15, 0.2) is 0 Å². The Hall–Kier alpha value is 2.40. The first-order chi connectivity index (χ1) is 3.89. The van der Waals surface area contributed by atoms with Crippen LogP contribution in [0.5, 0.6) is 0 Å². The topological polar surface area (TPSA) is 80.3 Å². The number of hydrogen-bond donors (Lipinski definition) is 0. The molecule has 0 unspecified atom stereocenters. The average Bonchev–Trinajstić information content (AvgIpc) is 1.65. The molecule has 11 heavy (non-hydrogen) atoms. The Labute approximate surface area is 135 Å². The quantitative estimate of drug-likeness (QED) is 0.200. The summed E-state index contributed by atoms with van der Waals surface area (Å²) >= 11 is 2.44. The Morgan fingerprint density at radius 1 is 1.00 bits per heavy atom. The molecule has 0 aromatic carbocycles. The monoisotopic (exact) mass is 400 g/mol. The first-order valence-electron chi connectivity index (χ1n) is 1.69. The summed E-state index contributed by atoms with van der Waals surface area (Å²) in [4.78, 5) is 19.8. The smallest absolute Gasteiger partial charge is 0.547 e. The number of carboxylic acid groups (broad SMARTS) is 2. The van der Waals surface area contributed by atoms with Gasteiger partial charge in [-0.15, -0.1) is 0 Å². The third kappa shape index (κ3) is 6.47. The van der Waals surface area contributed by atoms with Crippen molar-refractivity contribution in [2.24, 2.45) is 0 Å². The van der Waals surface area contributed by atoms with Crippen LogP contribution < -0.4 is 69.3 Å². The molecule has 0 radical (unpaired) electrons. The van der Waals surface area contributed by atoms with E-state index in [-0.39, 0.29) is 59.1 Å². The molecule has 0 aliphatic heterocycles. The third-order valence-electron chi connectivity index (χ3n) is 0.513. The molecule has 52 valence electrons. The molecule has 0 rings (SSSR count). The van der Waals surface area contributed by atoms with E-state index in [9.17, 15) is 19.8 Å². The van der Waals surface area contributed by atoms with E-state index in [2.05, 4.69) is 0 Å². The Morgan fingerprint density at radius 2 is 1.18 bits per heavy atom. The number of halogens is 2. The average molecular weight is 400 g/mol. The van der Waals surface area contributed by atoms with Crippen molar-refractivity contribution in [3.05, 3.63) is 0 Å². The van der Waals surface area contributed by atoms with Crippen LogP contribution in [-0.2, 0) is 9.59 Å². The molecule has 8 heteroatoms. The van der Waals surface area contributed by atoms with Crippen LogP contribution in [0, 0.1) is 0 Å². The van der Waals surface area contributed by atoms with Gasteiger partial charge in [-0.25, -0.2) is 0 Å². The van der Waals surface area contributed by atoms with Gasteiger partial charge in [0.1, 0.15) is 0 Å². The fourth-order valence-electron chi connectivity index (χ4n) is 0.0833. The van der Waals surface area contributed by atoms with E-state index < -0.39 is 13.4 Å². The van der Waals surface area contributed by atoms with Gasteiger partial charge in [0.2, 0.25) is 0 Å². The number of hydrogen-bond acceptors (Lipinski definition) is 4. The summed E-state index contributed by atoms with van der Waals surface area (Å²) in [5.41, 5.74) is 0. The molecule has 0 aliphatic carbocycles. The maximum absolute atomic E-state index is 9.92. The third-order valence-corrected chi connectivity index (χ3v) is 2.27. The summed E-state index contributed by atoms with van der Waals surface area (Å²) in [6, 6.07) is 0. The molecule has 0 heterocycles. The zero-order chi connectivity index (χ0) is 7.65. The first-order valence-corrected chi connectivity index (χ1v) is 3.85. The van der Waals surface area contributed by atoms with Gasteiger partial charge in [0.25, 0.3) is 0 Å². The SMILES string of the molecule is O=C([O-])C(I)(I)C(=O)[O-].[Na+].[Na+]. The van der Waals surface area contributed by atoms with E-state index in [0.29, 0.717) is 0 Å². The first kappa shape index (κ1) is 19.0. The van der Waals surface area contributed by atoms with Crippen LogP contribution in [0.3, 0.4) is 0 Å². The van der Waals surface area contributed by atoms with Gasteiger partial charge in [-0.3, -0.25) is 0 Å². The van der Waals surface area contributed by atoms with Gasteiger partial charge in [-0.2, -0.15) is 0 Å². The molecule has 0 bridgehead atoms. The molecule has 0 saturated heterocycles. The van der Waals surface area contributed by atoms with Gasteiger partial charge in [0.05, 0.1) is 11.9 Å². The fourth-order valence-corrected chi connectivity index (χ4v) is 0.0833. The largest absolute Gasteiger partial charge is 1.00 e. The Balaban J connectivity index is -0.000000320. The standard InChI is InChI=1S/C3H2I2O4.2Na/c4-3(5,1(6)7)2(8)9;;/h(H,6,7)(H,8,9);;/q;2*+1/p-2. The van der Waals surface area contributed by atoms with E-state index in [4.69, 9.17) is 0 Å². The van der Waals surface area contributed by atoms with Crippen LogP contribution in [-0.4, -0.2) is 13.4 Å². The normalized spacial score (nSPS) is 8.91. The van der Waals surface area contributed by atoms with Crippen molar-refractivity contribution in [2.45, 2.75) is 1.43 Å². The van der Waals surface area contributed by atoms with Gasteiger partial charge < -0.3 is 19.8 Å². The van der Waals surface area contributed by atoms with Crippen molar-refractivity contribution < 1.29 is 78.9 Å². The summed E-state index contributed by atoms with van der Waals surface area (Å²) in [5.74, 6) is -3.33. The molecule has 0 aliphatic rings. The molecule has 0 N–H and O–H groups in total. The molecular weight excluding hydrogens is 400 g/mol. The predicted molar refractivity (Wildman–Crippen MR) is 40.8 cm³/mol. The molecule has 0 atom stereocenters. The van der Waals surface area contributed by atoms with Crippen molar-refractivity contribution in [2.75, 3.05) is 0 Å². The molecule has 0 aromatic heterocycles. The number of alkyl halides is 2. The predicted octanol–water partition coefficient (Wildman–Crippen LogP) is -7.94. The van der Waals surface area contributed by atoms with E-state index in [1.54, 1.807) is 0 Å². The van der Waals surface area contributed by atoms with Crippen molar-refractivity contribution in [1.29, 1.82) is 0 Å². The number of carbonyl (C=O) groups is 2. The fraction of sp³-hybridized carbons (Fsp3) is 0.333. The zero-order valence-corrected chi connectivity index (χ0v) is 14.2. The van der Waals surface area contributed by atoms with Crippen molar-refractivity contribution in [1.82, 2.24) is 0 Å². The summed E-state index contributed by atoms with van der Waals surface area (Å²) in [5, 5.41) is 19.8. The van der Waals surface area contributed by atoms with Gasteiger partial charge >= 0.3 is 59.1 Å². The van der Waals surface area contributed by atoms with Crippen LogP contribution in [0.1, 0.15) is 0 Å². The molecule has 4 nitrogen and oxygen atoms in total. The number of aliphatic carboxylic acids is 2. The van der Waals surface area contributed by atoms with E-state index >= 15 is 0 Å². The Morgan fingerprint density at radius 3 is 1.18 bits per heavy atom. The van der Waals surface area contributed by atoms with Gasteiger partial charge in [0.15, 0.2) is 1.43 Å². The van der Waals surface area contributed by atoms with Crippen molar-refractivity contribution in [3.8, 4) is 0 Å². The molecule has 0 amide bonds. The van der Waals surface area contributed by atoms with E-state index in [1.165, 1.54) is 45.2 Å². The Kier molecular flexibility index (Phi) is 13.5. The van der Waals surface area contributed by atoms with E-state index in [1.807, 2.05) is 0 Å². The van der Waals surface area contributed by atoms with Gasteiger partial charge in [-0.05, 0) is 0 Å². The summed E-state index contributed by atoms with van der Waals surface area (Å²) < 4.78 is -1.95. The summed E-state index contributed by atoms with van der Waals surface area (Å²) in [7, 11) is 0. The van der Waals surface area contributed by atoms with Crippen molar-refractivity contribution >= 4 is 57.1 Å². The minimum Gasteiger partial charge on any atom is -0.547 e. The number of carboxylic acids is 2. The van der Waals surface area contributed by atoms with Crippen molar-refractivity contribution in [3.63, 3.8) is 0 Å². The summed E-state index contributed by atoms with van der Waals surface area (Å²) in [6.45, 7) is 0. The second-order valence-corrected chi connectivity index (χ2v) is 6.45. The van der Waals surface area contributed by atoms with Crippen LogP contribution in [0.25, 0.3) is 0 Å². The maximum atomic E-state index is 9.92. The minimum atomic E-state index is -1.95. The zero-order valence-electron chi connectivity index (χ0n) is 5.89. The molecule has 0 aromatic rings. The number of rotatable bonds is 2. The van der Waals surface area contributed by atoms with Crippen LogP contribution >= 0.6 is 45.2 Å². The Bertz CT molecular complexity index is 143. The molecule has 0 spiro atoms. The summed E-state index contributed by atoms with van der Waals surface area (Å²) in [6.07, 6.45) is 0.